The fourth-order valence-corrected chi connectivity index (χ4v) is 8.07. The molecule has 2 aromatic heterocycles. The molecule has 0 bridgehead atoms. The van der Waals surface area contributed by atoms with Gasteiger partial charge in [0.2, 0.25) is 0 Å². The van der Waals surface area contributed by atoms with E-state index in [9.17, 15) is 8.42 Å². The van der Waals surface area contributed by atoms with E-state index in [0.717, 1.165) is 5.41 Å². The molecule has 1 fully saturated rings. The number of fused-ring (bicyclic) bond motifs is 1. The van der Waals surface area contributed by atoms with Gasteiger partial charge >= 0.3 is 0 Å². The number of anilines is 1. The summed E-state index contributed by atoms with van der Waals surface area (Å²) in [5.41, 5.74) is 6.06. The number of ether oxygens (including phenoxy) is 1. The lowest BCUT2D eigenvalue weighted by Gasteiger charge is -2.43. The summed E-state index contributed by atoms with van der Waals surface area (Å²) in [6.07, 6.45) is 0.380. The Hall–Kier alpha value is -1.89. The van der Waals surface area contributed by atoms with Crippen LogP contribution in [0.4, 0.5) is 5.82 Å². The standard InChI is InChI=1S/C26H46N6O6SSi2/c1-24(2,3)40(9,10)35-13-18-26(17(27)14-39(33,34)38-26)20(37-41(11,12)25(4,5)6)23(36-18)32-16-30-19-21(31(7)8)28-15-29-22(19)32/h14-16,18,20,23H,13,27H2,1-12H3. The molecule has 41 heavy (non-hydrogen) atoms. The molecule has 4 heterocycles. The first-order valence-corrected chi connectivity index (χ1v) is 21.1. The van der Waals surface area contributed by atoms with Crippen LogP contribution in [0.1, 0.15) is 47.8 Å². The van der Waals surface area contributed by atoms with Gasteiger partial charge in [-0.25, -0.2) is 19.1 Å². The summed E-state index contributed by atoms with van der Waals surface area (Å²) in [5.74, 6) is 0.639. The largest absolute Gasteiger partial charge is 0.414 e. The van der Waals surface area contributed by atoms with Crippen molar-refractivity contribution in [3.05, 3.63) is 23.8 Å². The highest BCUT2D eigenvalue weighted by Gasteiger charge is 2.67. The second kappa shape index (κ2) is 10.1. The Labute approximate surface area is 246 Å². The van der Waals surface area contributed by atoms with Crippen LogP contribution in [0.5, 0.6) is 0 Å². The Morgan fingerprint density at radius 2 is 1.66 bits per heavy atom. The molecule has 2 N–H and O–H groups in total. The minimum atomic E-state index is -4.11. The fourth-order valence-electron chi connectivity index (χ4n) is 4.57. The molecule has 4 atom stereocenters. The summed E-state index contributed by atoms with van der Waals surface area (Å²) < 4.78 is 54.0. The lowest BCUT2D eigenvalue weighted by atomic mass is 9.89. The zero-order valence-electron chi connectivity index (χ0n) is 26.3. The van der Waals surface area contributed by atoms with Gasteiger partial charge in [-0.05, 0) is 36.3 Å². The predicted octanol–water partition coefficient (Wildman–Crippen LogP) is 4.10. The Balaban J connectivity index is 1.91. The molecule has 4 unspecified atom stereocenters. The first-order chi connectivity index (χ1) is 18.5. The Morgan fingerprint density at radius 3 is 2.17 bits per heavy atom. The number of imidazole rings is 1. The van der Waals surface area contributed by atoms with Gasteiger partial charge < -0.3 is 24.2 Å². The highest BCUT2D eigenvalue weighted by Crippen LogP contribution is 2.52. The van der Waals surface area contributed by atoms with E-state index in [1.165, 1.54) is 6.33 Å². The van der Waals surface area contributed by atoms with Crippen LogP contribution in [0, 0.1) is 0 Å². The van der Waals surface area contributed by atoms with E-state index >= 15 is 0 Å². The lowest BCUT2D eigenvalue weighted by molar-refractivity contribution is -0.0535. The molecule has 2 aliphatic rings. The van der Waals surface area contributed by atoms with Crippen LogP contribution >= 0.6 is 0 Å². The van der Waals surface area contributed by atoms with Gasteiger partial charge in [-0.1, -0.05) is 41.5 Å². The molecule has 4 rings (SSSR count). The second-order valence-corrected chi connectivity index (χ2v) is 25.2. The van der Waals surface area contributed by atoms with Crippen molar-refractivity contribution in [2.75, 3.05) is 25.6 Å². The predicted molar refractivity (Wildman–Crippen MR) is 164 cm³/mol. The third-order valence-corrected chi connectivity index (χ3v) is 19.1. The molecular weight excluding hydrogens is 581 g/mol. The molecule has 1 spiro atoms. The highest BCUT2D eigenvalue weighted by atomic mass is 32.2. The van der Waals surface area contributed by atoms with Gasteiger partial charge in [-0.2, -0.15) is 8.42 Å². The summed E-state index contributed by atoms with van der Waals surface area (Å²) in [5, 5.41) is 0.680. The van der Waals surface area contributed by atoms with Crippen molar-refractivity contribution < 1.29 is 26.2 Å². The van der Waals surface area contributed by atoms with Crippen LogP contribution in [-0.2, 0) is 27.9 Å². The zero-order valence-corrected chi connectivity index (χ0v) is 29.2. The summed E-state index contributed by atoms with van der Waals surface area (Å²) in [6, 6.07) is 0. The monoisotopic (exact) mass is 626 g/mol. The van der Waals surface area contributed by atoms with Crippen LogP contribution in [-0.4, -0.2) is 83.1 Å². The van der Waals surface area contributed by atoms with Crippen molar-refractivity contribution in [2.24, 2.45) is 5.73 Å². The number of nitrogens with zero attached hydrogens (tertiary/aromatic N) is 5. The van der Waals surface area contributed by atoms with Gasteiger partial charge in [0.15, 0.2) is 45.4 Å². The van der Waals surface area contributed by atoms with Crippen molar-refractivity contribution in [1.29, 1.82) is 0 Å². The van der Waals surface area contributed by atoms with E-state index in [-0.39, 0.29) is 22.4 Å². The van der Waals surface area contributed by atoms with Crippen molar-refractivity contribution in [3.63, 3.8) is 0 Å². The fraction of sp³-hybridized carbons (Fsp3) is 0.731. The van der Waals surface area contributed by atoms with Crippen LogP contribution in [0.3, 0.4) is 0 Å². The van der Waals surface area contributed by atoms with E-state index in [1.807, 2.05) is 19.0 Å². The molecule has 0 aromatic carbocycles. The number of rotatable bonds is 7. The summed E-state index contributed by atoms with van der Waals surface area (Å²) in [7, 11) is -5.18. The van der Waals surface area contributed by atoms with Crippen molar-refractivity contribution >= 4 is 43.7 Å². The lowest BCUT2D eigenvalue weighted by Crippen LogP contribution is -2.59. The summed E-state index contributed by atoms with van der Waals surface area (Å²) in [6.45, 7) is 21.3. The first kappa shape index (κ1) is 32.0. The molecule has 12 nitrogen and oxygen atoms in total. The maximum absolute atomic E-state index is 13.0. The van der Waals surface area contributed by atoms with Crippen LogP contribution in [0.25, 0.3) is 11.2 Å². The van der Waals surface area contributed by atoms with Gasteiger partial charge in [-0.3, -0.25) is 4.57 Å². The maximum Gasteiger partial charge on any atom is 0.292 e. The van der Waals surface area contributed by atoms with Gasteiger partial charge in [0.05, 0.1) is 24.0 Å². The maximum atomic E-state index is 13.0. The number of hydrogen-bond donors (Lipinski definition) is 1. The molecule has 0 radical (unpaired) electrons. The Bertz CT molecular complexity index is 1450. The van der Waals surface area contributed by atoms with E-state index in [1.54, 1.807) is 10.9 Å². The first-order valence-electron chi connectivity index (χ1n) is 13.8. The third kappa shape index (κ3) is 5.49. The molecule has 0 saturated carbocycles. The van der Waals surface area contributed by atoms with Crippen molar-refractivity contribution in [2.45, 2.75) is 102 Å². The topological polar surface area (TPSA) is 144 Å². The van der Waals surface area contributed by atoms with Gasteiger partial charge in [0, 0.05) is 14.1 Å². The normalized spacial score (nSPS) is 27.1. The Morgan fingerprint density at radius 1 is 1.05 bits per heavy atom. The van der Waals surface area contributed by atoms with Crippen LogP contribution < -0.4 is 10.6 Å². The van der Waals surface area contributed by atoms with Crippen LogP contribution in [0.2, 0.25) is 36.3 Å². The molecular formula is C26H46N6O6SSi2. The summed E-state index contributed by atoms with van der Waals surface area (Å²) in [4.78, 5) is 15.4. The van der Waals surface area contributed by atoms with Gasteiger partial charge in [-0.15, -0.1) is 0 Å². The smallest absolute Gasteiger partial charge is 0.292 e. The molecule has 2 aromatic rings. The molecule has 0 aliphatic carbocycles. The highest BCUT2D eigenvalue weighted by molar-refractivity contribution is 7.90. The zero-order chi connectivity index (χ0) is 31.0. The van der Waals surface area contributed by atoms with Crippen molar-refractivity contribution in [1.82, 2.24) is 19.5 Å². The van der Waals surface area contributed by atoms with E-state index in [2.05, 4.69) is 82.7 Å². The molecule has 15 heteroatoms. The van der Waals surface area contributed by atoms with E-state index < -0.39 is 50.8 Å². The SMILES string of the molecule is CN(C)c1ncnc2c1ncn2C1OC(CO[Si](C)(C)C(C)(C)C)C2(OS(=O)(=O)C=C2N)C1O[Si](C)(C)C(C)(C)C. The van der Waals surface area contributed by atoms with Crippen molar-refractivity contribution in [3.8, 4) is 0 Å². The number of nitrogens with two attached hydrogens (primary N) is 1. The molecule has 2 aliphatic heterocycles. The second-order valence-electron chi connectivity index (χ2n) is 14.2. The summed E-state index contributed by atoms with van der Waals surface area (Å²) >= 11 is 0. The quantitative estimate of drug-likeness (QED) is 0.350. The number of hydrogen-bond acceptors (Lipinski definition) is 11. The molecule has 230 valence electrons. The minimum Gasteiger partial charge on any atom is -0.414 e. The molecule has 1 saturated heterocycles. The van der Waals surface area contributed by atoms with E-state index in [0.29, 0.717) is 17.0 Å². The average Bonchev–Trinajstić information content (AvgIpc) is 3.42. The Kier molecular flexibility index (Phi) is 7.89. The average molecular weight is 627 g/mol. The minimum absolute atomic E-state index is 0.0283. The third-order valence-electron chi connectivity index (χ3n) is 9.11. The van der Waals surface area contributed by atoms with Gasteiger partial charge in [0.25, 0.3) is 10.1 Å². The van der Waals surface area contributed by atoms with E-state index in [4.69, 9.17) is 23.5 Å². The van der Waals surface area contributed by atoms with Gasteiger partial charge in [0.1, 0.15) is 18.5 Å². The number of aromatic nitrogens is 4. The van der Waals surface area contributed by atoms with Crippen LogP contribution in [0.15, 0.2) is 23.8 Å². The molecule has 0 amide bonds.